The van der Waals surface area contributed by atoms with Crippen LogP contribution in [0.5, 0.6) is 0 Å². The molecule has 1 aromatic carbocycles. The first-order valence-corrected chi connectivity index (χ1v) is 8.21. The van der Waals surface area contributed by atoms with Crippen LogP contribution in [0.15, 0.2) is 34.5 Å². The van der Waals surface area contributed by atoms with E-state index in [-0.39, 0.29) is 16.5 Å². The van der Waals surface area contributed by atoms with E-state index in [9.17, 15) is 12.8 Å². The molecule has 0 unspecified atom stereocenters. The van der Waals surface area contributed by atoms with E-state index in [0.717, 1.165) is 22.3 Å². The zero-order valence-corrected chi connectivity index (χ0v) is 12.4. The molecule has 1 heterocycles. The number of hydrogen-bond acceptors (Lipinski definition) is 4. The number of aryl methyl sites for hydroxylation is 1. The first-order valence-electron chi connectivity index (χ1n) is 5.91. The van der Waals surface area contributed by atoms with Gasteiger partial charge in [-0.1, -0.05) is 6.07 Å². The van der Waals surface area contributed by atoms with E-state index in [1.807, 2.05) is 0 Å². The molecule has 1 aromatic heterocycles. The standard InChI is InChI=1S/C13H14FNO3S2/c1-9-2-3-10(8-12(9)14)15-20(17,18)13-5-4-11(19-13)6-7-16/h2-5,8,15-16H,6-7H2,1H3. The van der Waals surface area contributed by atoms with E-state index >= 15 is 0 Å². The molecule has 0 aliphatic carbocycles. The third-order valence-electron chi connectivity index (χ3n) is 2.68. The number of anilines is 1. The number of thiophene rings is 1. The molecule has 20 heavy (non-hydrogen) atoms. The second-order valence-corrected chi connectivity index (χ2v) is 7.34. The van der Waals surface area contributed by atoms with Crippen LogP contribution in [0.3, 0.4) is 0 Å². The molecule has 0 bridgehead atoms. The second-order valence-electron chi connectivity index (χ2n) is 4.26. The summed E-state index contributed by atoms with van der Waals surface area (Å²) in [5.74, 6) is -0.461. The van der Waals surface area contributed by atoms with Crippen molar-refractivity contribution in [3.8, 4) is 0 Å². The molecule has 0 aliphatic rings. The lowest BCUT2D eigenvalue weighted by Crippen LogP contribution is -2.11. The minimum atomic E-state index is -3.72. The minimum Gasteiger partial charge on any atom is -0.396 e. The van der Waals surface area contributed by atoms with E-state index in [4.69, 9.17) is 5.11 Å². The zero-order valence-electron chi connectivity index (χ0n) is 10.8. The fraction of sp³-hybridized carbons (Fsp3) is 0.231. The maximum atomic E-state index is 13.4. The minimum absolute atomic E-state index is 0.0311. The number of rotatable bonds is 5. The van der Waals surface area contributed by atoms with E-state index in [1.165, 1.54) is 18.2 Å². The summed E-state index contributed by atoms with van der Waals surface area (Å²) in [7, 11) is -3.72. The molecule has 4 nitrogen and oxygen atoms in total. The third kappa shape index (κ3) is 3.36. The van der Waals surface area contributed by atoms with Crippen LogP contribution in [0.4, 0.5) is 10.1 Å². The summed E-state index contributed by atoms with van der Waals surface area (Å²) in [4.78, 5) is 0.781. The van der Waals surface area contributed by atoms with Gasteiger partial charge in [0.25, 0.3) is 10.0 Å². The first kappa shape index (κ1) is 15.0. The smallest absolute Gasteiger partial charge is 0.271 e. The predicted octanol–water partition coefficient (Wildman–Crippen LogP) is 2.53. The van der Waals surface area contributed by atoms with Crippen molar-refractivity contribution in [2.45, 2.75) is 17.6 Å². The Kier molecular flexibility index (Phi) is 4.42. The highest BCUT2D eigenvalue weighted by Gasteiger charge is 2.17. The van der Waals surface area contributed by atoms with Crippen LogP contribution in [0.2, 0.25) is 0 Å². The summed E-state index contributed by atoms with van der Waals surface area (Å²) in [6.07, 6.45) is 0.416. The molecular weight excluding hydrogens is 301 g/mol. The van der Waals surface area contributed by atoms with Gasteiger partial charge in [0.05, 0.1) is 5.69 Å². The quantitative estimate of drug-likeness (QED) is 0.891. The Labute approximate surface area is 120 Å². The summed E-state index contributed by atoms with van der Waals surface area (Å²) >= 11 is 1.09. The molecule has 0 saturated heterocycles. The number of aliphatic hydroxyl groups is 1. The summed E-state index contributed by atoms with van der Waals surface area (Å²) in [5.41, 5.74) is 0.638. The highest BCUT2D eigenvalue weighted by atomic mass is 32.2. The number of nitrogens with one attached hydrogen (secondary N) is 1. The fourth-order valence-corrected chi connectivity index (χ4v) is 4.00. The van der Waals surface area contributed by atoms with Crippen molar-refractivity contribution in [3.05, 3.63) is 46.6 Å². The Morgan fingerprint density at radius 2 is 2.05 bits per heavy atom. The van der Waals surface area contributed by atoms with Gasteiger partial charge in [0, 0.05) is 17.9 Å². The monoisotopic (exact) mass is 315 g/mol. The van der Waals surface area contributed by atoms with Gasteiger partial charge in [-0.2, -0.15) is 0 Å². The van der Waals surface area contributed by atoms with Crippen LogP contribution in [-0.4, -0.2) is 20.1 Å². The van der Waals surface area contributed by atoms with Gasteiger partial charge in [0.1, 0.15) is 10.0 Å². The van der Waals surface area contributed by atoms with E-state index in [2.05, 4.69) is 4.72 Å². The van der Waals surface area contributed by atoms with Crippen LogP contribution < -0.4 is 4.72 Å². The molecule has 0 saturated carbocycles. The zero-order chi connectivity index (χ0) is 14.8. The van der Waals surface area contributed by atoms with E-state index in [0.29, 0.717) is 12.0 Å². The topological polar surface area (TPSA) is 66.4 Å². The van der Waals surface area contributed by atoms with Gasteiger partial charge in [-0.05, 0) is 36.8 Å². The van der Waals surface area contributed by atoms with Crippen molar-refractivity contribution in [2.24, 2.45) is 0 Å². The molecule has 0 radical (unpaired) electrons. The van der Waals surface area contributed by atoms with Crippen LogP contribution in [0.25, 0.3) is 0 Å². The van der Waals surface area contributed by atoms with Crippen molar-refractivity contribution < 1.29 is 17.9 Å². The van der Waals surface area contributed by atoms with Gasteiger partial charge in [-0.3, -0.25) is 4.72 Å². The molecule has 2 N–H and O–H groups in total. The van der Waals surface area contributed by atoms with Gasteiger partial charge in [0.15, 0.2) is 0 Å². The Morgan fingerprint density at radius 3 is 2.70 bits per heavy atom. The molecule has 2 rings (SSSR count). The lowest BCUT2D eigenvalue weighted by molar-refractivity contribution is 0.300. The van der Waals surface area contributed by atoms with E-state index in [1.54, 1.807) is 13.0 Å². The molecule has 0 atom stereocenters. The van der Waals surface area contributed by atoms with Crippen molar-refractivity contribution in [3.63, 3.8) is 0 Å². The van der Waals surface area contributed by atoms with Gasteiger partial charge in [0.2, 0.25) is 0 Å². The van der Waals surface area contributed by atoms with Crippen molar-refractivity contribution >= 4 is 27.0 Å². The third-order valence-corrected chi connectivity index (χ3v) is 5.70. The lowest BCUT2D eigenvalue weighted by atomic mass is 10.2. The first-order chi connectivity index (χ1) is 9.42. The fourth-order valence-electron chi connectivity index (χ4n) is 1.61. The molecule has 2 aromatic rings. The van der Waals surface area contributed by atoms with Crippen LogP contribution in [-0.2, 0) is 16.4 Å². The number of aliphatic hydroxyl groups excluding tert-OH is 1. The maximum absolute atomic E-state index is 13.4. The maximum Gasteiger partial charge on any atom is 0.271 e. The highest BCUT2D eigenvalue weighted by molar-refractivity contribution is 7.94. The van der Waals surface area contributed by atoms with Crippen LogP contribution in [0, 0.1) is 12.7 Å². The van der Waals surface area contributed by atoms with Crippen molar-refractivity contribution in [1.29, 1.82) is 0 Å². The van der Waals surface area contributed by atoms with Gasteiger partial charge >= 0.3 is 0 Å². The average molecular weight is 315 g/mol. The van der Waals surface area contributed by atoms with Crippen LogP contribution in [0.1, 0.15) is 10.4 Å². The number of benzene rings is 1. The average Bonchev–Trinajstić information content (AvgIpc) is 2.83. The second kappa shape index (κ2) is 5.90. The summed E-state index contributed by atoms with van der Waals surface area (Å²) in [6.45, 7) is 1.57. The normalized spacial score (nSPS) is 11.6. The van der Waals surface area contributed by atoms with Crippen molar-refractivity contribution in [1.82, 2.24) is 0 Å². The summed E-state index contributed by atoms with van der Waals surface area (Å²) in [5, 5.41) is 8.82. The van der Waals surface area contributed by atoms with Crippen LogP contribution >= 0.6 is 11.3 Å². The molecule has 0 fully saturated rings. The molecule has 108 valence electrons. The number of sulfonamides is 1. The molecule has 7 heteroatoms. The largest absolute Gasteiger partial charge is 0.396 e. The highest BCUT2D eigenvalue weighted by Crippen LogP contribution is 2.25. The van der Waals surface area contributed by atoms with Gasteiger partial charge < -0.3 is 5.11 Å². The Bertz CT molecular complexity index is 710. The summed E-state index contributed by atoms with van der Waals surface area (Å²) in [6, 6.07) is 7.31. The SMILES string of the molecule is Cc1ccc(NS(=O)(=O)c2ccc(CCO)s2)cc1F. The predicted molar refractivity (Wildman–Crippen MR) is 77.1 cm³/mol. The molecular formula is C13H14FNO3S2. The molecule has 0 aliphatic heterocycles. The van der Waals surface area contributed by atoms with Gasteiger partial charge in [-0.15, -0.1) is 11.3 Å². The number of halogens is 1. The lowest BCUT2D eigenvalue weighted by Gasteiger charge is -2.07. The van der Waals surface area contributed by atoms with Crippen molar-refractivity contribution in [2.75, 3.05) is 11.3 Å². The summed E-state index contributed by atoms with van der Waals surface area (Å²) < 4.78 is 40.1. The Morgan fingerprint density at radius 1 is 1.30 bits per heavy atom. The molecule has 0 amide bonds. The van der Waals surface area contributed by atoms with E-state index < -0.39 is 15.8 Å². The number of hydrogen-bond donors (Lipinski definition) is 2. The Balaban J connectivity index is 2.23. The molecule has 0 spiro atoms. The Hall–Kier alpha value is -1.44. The van der Waals surface area contributed by atoms with Gasteiger partial charge in [-0.25, -0.2) is 12.8 Å².